The zero-order valence-corrected chi connectivity index (χ0v) is 9.21. The predicted octanol–water partition coefficient (Wildman–Crippen LogP) is 0.689. The summed E-state index contributed by atoms with van der Waals surface area (Å²) in [5.41, 5.74) is 1.86. The van der Waals surface area contributed by atoms with Crippen LogP contribution in [0.3, 0.4) is 0 Å². The first-order chi connectivity index (χ1) is 7.27. The number of carbonyl (C=O) groups is 1. The van der Waals surface area contributed by atoms with E-state index in [-0.39, 0.29) is 5.97 Å². The van der Waals surface area contributed by atoms with E-state index in [1.165, 1.54) is 12.7 Å². The lowest BCUT2D eigenvalue weighted by Crippen LogP contribution is -2.29. The van der Waals surface area contributed by atoms with Gasteiger partial charge in [0.05, 0.1) is 20.3 Å². The topological polar surface area (TPSA) is 47.6 Å². The zero-order chi connectivity index (χ0) is 10.8. The predicted molar refractivity (Wildman–Crippen MR) is 55.1 cm³/mol. The second kappa shape index (κ2) is 4.23. The average molecular weight is 211 g/mol. The molecule has 2 rings (SSSR count). The van der Waals surface area contributed by atoms with Crippen molar-refractivity contribution in [2.24, 2.45) is 11.8 Å². The molecule has 2 atom stereocenters. The highest BCUT2D eigenvalue weighted by Crippen LogP contribution is 2.41. The lowest BCUT2D eigenvalue weighted by molar-refractivity contribution is -0.136. The number of esters is 1. The van der Waals surface area contributed by atoms with Crippen molar-refractivity contribution < 1.29 is 14.3 Å². The van der Waals surface area contributed by atoms with E-state index >= 15 is 0 Å². The van der Waals surface area contributed by atoms with Gasteiger partial charge in [0.25, 0.3) is 0 Å². The monoisotopic (exact) mass is 211 g/mol. The maximum Gasteiger partial charge on any atom is 0.354 e. The van der Waals surface area contributed by atoms with Gasteiger partial charge in [-0.1, -0.05) is 0 Å². The van der Waals surface area contributed by atoms with E-state index in [2.05, 4.69) is 5.32 Å². The molecule has 1 aliphatic carbocycles. The zero-order valence-electron chi connectivity index (χ0n) is 9.21. The molecular formula is C11H17NO3. The summed E-state index contributed by atoms with van der Waals surface area (Å²) in [5, 5.41) is 2.97. The van der Waals surface area contributed by atoms with Crippen LogP contribution in [0.1, 0.15) is 12.8 Å². The quantitative estimate of drug-likeness (QED) is 0.539. The van der Waals surface area contributed by atoms with Gasteiger partial charge in [-0.05, 0) is 18.4 Å². The first-order valence-corrected chi connectivity index (χ1v) is 5.35. The number of fused-ring (bicyclic) bond motifs is 2. The SMILES string of the molecule is CNC(C(=O)OC)=C1C2CCC1COC2. The Labute approximate surface area is 89.6 Å². The van der Waals surface area contributed by atoms with Crippen LogP contribution in [0.2, 0.25) is 0 Å². The van der Waals surface area contributed by atoms with Gasteiger partial charge in [-0.25, -0.2) is 4.79 Å². The van der Waals surface area contributed by atoms with E-state index in [9.17, 15) is 4.79 Å². The van der Waals surface area contributed by atoms with Crippen molar-refractivity contribution in [1.82, 2.24) is 5.32 Å². The van der Waals surface area contributed by atoms with Gasteiger partial charge in [0.2, 0.25) is 0 Å². The van der Waals surface area contributed by atoms with Crippen molar-refractivity contribution in [2.75, 3.05) is 27.4 Å². The number of carbonyl (C=O) groups excluding carboxylic acids is 1. The van der Waals surface area contributed by atoms with Gasteiger partial charge in [-0.3, -0.25) is 0 Å². The average Bonchev–Trinajstić information content (AvgIpc) is 2.52. The van der Waals surface area contributed by atoms with E-state index in [0.717, 1.165) is 26.1 Å². The first kappa shape index (κ1) is 10.5. The summed E-state index contributed by atoms with van der Waals surface area (Å²) in [4.78, 5) is 11.6. The second-order valence-corrected chi connectivity index (χ2v) is 4.08. The highest BCUT2D eigenvalue weighted by molar-refractivity contribution is 5.88. The van der Waals surface area contributed by atoms with Crippen LogP contribution in [0.25, 0.3) is 0 Å². The van der Waals surface area contributed by atoms with E-state index < -0.39 is 0 Å². The van der Waals surface area contributed by atoms with Crippen LogP contribution in [-0.4, -0.2) is 33.3 Å². The van der Waals surface area contributed by atoms with Crippen LogP contribution in [0.15, 0.2) is 11.3 Å². The molecule has 0 spiro atoms. The Bertz CT molecular complexity index is 280. The van der Waals surface area contributed by atoms with Gasteiger partial charge in [-0.2, -0.15) is 0 Å². The largest absolute Gasteiger partial charge is 0.464 e. The number of ether oxygens (including phenoxy) is 2. The minimum Gasteiger partial charge on any atom is -0.464 e. The van der Waals surface area contributed by atoms with Crippen molar-refractivity contribution >= 4 is 5.97 Å². The summed E-state index contributed by atoms with van der Waals surface area (Å²) in [5.74, 6) is 0.557. The van der Waals surface area contributed by atoms with Gasteiger partial charge in [0.15, 0.2) is 0 Å². The fourth-order valence-electron chi connectivity index (χ4n) is 2.62. The molecule has 2 aliphatic rings. The minimum absolute atomic E-state index is 0.258. The smallest absolute Gasteiger partial charge is 0.354 e. The molecule has 15 heavy (non-hydrogen) atoms. The highest BCUT2D eigenvalue weighted by atomic mass is 16.5. The molecule has 84 valence electrons. The molecule has 0 aromatic rings. The fourth-order valence-corrected chi connectivity index (χ4v) is 2.62. The molecule has 2 unspecified atom stereocenters. The van der Waals surface area contributed by atoms with Crippen LogP contribution in [0, 0.1) is 11.8 Å². The third-order valence-corrected chi connectivity index (χ3v) is 3.31. The molecule has 0 aromatic carbocycles. The number of likely N-dealkylation sites (N-methyl/N-ethyl adjacent to an activating group) is 1. The van der Waals surface area contributed by atoms with Gasteiger partial charge in [0, 0.05) is 18.9 Å². The minimum atomic E-state index is -0.258. The Hall–Kier alpha value is -1.03. The molecule has 0 aromatic heterocycles. The summed E-state index contributed by atoms with van der Waals surface area (Å²) in [6.07, 6.45) is 2.25. The van der Waals surface area contributed by atoms with Crippen LogP contribution >= 0.6 is 0 Å². The van der Waals surface area contributed by atoms with Gasteiger partial charge in [0.1, 0.15) is 5.70 Å². The number of rotatable bonds is 2. The number of hydrogen-bond acceptors (Lipinski definition) is 4. The molecule has 1 saturated heterocycles. The van der Waals surface area contributed by atoms with E-state index in [1.807, 2.05) is 0 Å². The van der Waals surface area contributed by atoms with Crippen molar-refractivity contribution in [3.63, 3.8) is 0 Å². The van der Waals surface area contributed by atoms with Gasteiger partial charge < -0.3 is 14.8 Å². The van der Waals surface area contributed by atoms with Crippen molar-refractivity contribution in [3.05, 3.63) is 11.3 Å². The summed E-state index contributed by atoms with van der Waals surface area (Å²) < 4.78 is 10.3. The molecule has 4 heteroatoms. The third kappa shape index (κ3) is 1.74. The third-order valence-electron chi connectivity index (χ3n) is 3.31. The molecule has 1 saturated carbocycles. The molecule has 4 nitrogen and oxygen atoms in total. The highest BCUT2D eigenvalue weighted by Gasteiger charge is 2.38. The number of hydrogen-bond donors (Lipinski definition) is 1. The van der Waals surface area contributed by atoms with Gasteiger partial charge in [-0.15, -0.1) is 0 Å². The second-order valence-electron chi connectivity index (χ2n) is 4.08. The van der Waals surface area contributed by atoms with Crippen LogP contribution in [0.4, 0.5) is 0 Å². The number of nitrogens with one attached hydrogen (secondary N) is 1. The molecule has 1 heterocycles. The van der Waals surface area contributed by atoms with Crippen LogP contribution in [0.5, 0.6) is 0 Å². The summed E-state index contributed by atoms with van der Waals surface area (Å²) >= 11 is 0. The summed E-state index contributed by atoms with van der Waals surface area (Å²) in [6.45, 7) is 1.49. The Morgan fingerprint density at radius 2 is 2.00 bits per heavy atom. The van der Waals surface area contributed by atoms with E-state index in [1.54, 1.807) is 7.05 Å². The molecule has 2 fully saturated rings. The van der Waals surface area contributed by atoms with E-state index in [0.29, 0.717) is 17.5 Å². The van der Waals surface area contributed by atoms with Crippen LogP contribution < -0.4 is 5.32 Å². The van der Waals surface area contributed by atoms with Crippen molar-refractivity contribution in [3.8, 4) is 0 Å². The standard InChI is InChI=1S/C11H17NO3/c1-12-10(11(13)14-2)9-7-3-4-8(9)6-15-5-7/h7-8,12H,3-6H2,1-2H3. The van der Waals surface area contributed by atoms with Crippen molar-refractivity contribution in [1.29, 1.82) is 0 Å². The van der Waals surface area contributed by atoms with Gasteiger partial charge >= 0.3 is 5.97 Å². The molecule has 2 bridgehead atoms. The Balaban J connectivity index is 2.32. The summed E-state index contributed by atoms with van der Waals surface area (Å²) in [6, 6.07) is 0. The Kier molecular flexibility index (Phi) is 2.95. The first-order valence-electron chi connectivity index (χ1n) is 5.35. The van der Waals surface area contributed by atoms with Crippen LogP contribution in [-0.2, 0) is 14.3 Å². The van der Waals surface area contributed by atoms with Crippen molar-refractivity contribution in [2.45, 2.75) is 12.8 Å². The summed E-state index contributed by atoms with van der Waals surface area (Å²) in [7, 11) is 3.19. The Morgan fingerprint density at radius 3 is 2.47 bits per heavy atom. The fraction of sp³-hybridized carbons (Fsp3) is 0.727. The maximum absolute atomic E-state index is 11.6. The molecular weight excluding hydrogens is 194 g/mol. The lowest BCUT2D eigenvalue weighted by Gasteiger charge is -2.25. The lowest BCUT2D eigenvalue weighted by atomic mass is 9.93. The normalized spacial score (nSPS) is 28.8. The molecule has 0 radical (unpaired) electrons. The van der Waals surface area contributed by atoms with E-state index in [4.69, 9.17) is 9.47 Å². The maximum atomic E-state index is 11.6. The number of methoxy groups -OCH3 is 1. The Morgan fingerprint density at radius 1 is 1.40 bits per heavy atom. The molecule has 0 amide bonds. The molecule has 1 aliphatic heterocycles. The molecule has 1 N–H and O–H groups in total.